The third-order valence-electron chi connectivity index (χ3n) is 7.29. The van der Waals surface area contributed by atoms with Gasteiger partial charge in [0.25, 0.3) is 11.6 Å². The molecule has 4 aromatic carbocycles. The van der Waals surface area contributed by atoms with Crippen molar-refractivity contribution in [2.24, 2.45) is 0 Å². The molecule has 0 bridgehead atoms. The van der Waals surface area contributed by atoms with Crippen molar-refractivity contribution < 1.29 is 19.2 Å². The molecule has 0 aliphatic rings. The number of carbonyl (C=O) groups excluding carboxylic acids is 2. The predicted molar refractivity (Wildman–Crippen MR) is 170 cm³/mol. The normalized spacial score (nSPS) is 12.1. The topological polar surface area (TPSA) is 116 Å². The minimum absolute atomic E-state index is 0.00434. The number of non-ortho nitro benzene ring substituents is 1. The van der Waals surface area contributed by atoms with Crippen LogP contribution in [0.3, 0.4) is 0 Å². The van der Waals surface area contributed by atoms with E-state index >= 15 is 0 Å². The van der Waals surface area contributed by atoms with E-state index < -0.39 is 10.5 Å². The van der Waals surface area contributed by atoms with Crippen molar-refractivity contribution in [1.29, 1.82) is 0 Å². The molecule has 1 aromatic heterocycles. The maximum atomic E-state index is 13.1. The maximum Gasteiger partial charge on any atom is 0.339 e. The molecule has 0 unspecified atom stereocenters. The summed E-state index contributed by atoms with van der Waals surface area (Å²) in [5, 5.41) is 19.5. The molecule has 9 nitrogen and oxygen atoms in total. The minimum atomic E-state index is -0.586. The summed E-state index contributed by atoms with van der Waals surface area (Å²) >= 11 is 0. The number of fused-ring (bicyclic) bond motifs is 1. The van der Waals surface area contributed by atoms with Crippen LogP contribution in [0.1, 0.15) is 71.3 Å². The van der Waals surface area contributed by atoms with Crippen molar-refractivity contribution in [2.75, 3.05) is 0 Å². The van der Waals surface area contributed by atoms with Crippen LogP contribution in [0.4, 0.5) is 5.69 Å². The summed E-state index contributed by atoms with van der Waals surface area (Å²) < 4.78 is 7.52. The lowest BCUT2D eigenvalue weighted by atomic mass is 9.98. The van der Waals surface area contributed by atoms with E-state index in [1.54, 1.807) is 24.3 Å². The summed E-state index contributed by atoms with van der Waals surface area (Å²) in [7, 11) is 0. The fraction of sp³-hybridized carbons (Fsp3) is 0.229. The third kappa shape index (κ3) is 6.67. The van der Waals surface area contributed by atoms with Crippen molar-refractivity contribution >= 4 is 28.5 Å². The van der Waals surface area contributed by atoms with Gasteiger partial charge in [-0.25, -0.2) is 4.79 Å². The molecule has 0 fully saturated rings. The van der Waals surface area contributed by atoms with Gasteiger partial charge >= 0.3 is 5.97 Å². The number of benzene rings is 4. The van der Waals surface area contributed by atoms with E-state index in [2.05, 4.69) is 5.32 Å². The SMILES string of the molecule is Cc1nn(Cc2ccc(-c3ccccc3C(=O)OC(C)(C)C)cc2)c2ccc(C(=O)N[C@@H](C)c3ccc([N+](=O)[O-])cc3)cc12. The Morgan fingerprint density at radius 2 is 1.66 bits per heavy atom. The molecule has 1 heterocycles. The molecule has 0 saturated heterocycles. The number of hydrogen-bond donors (Lipinski definition) is 1. The largest absolute Gasteiger partial charge is 0.456 e. The molecule has 0 saturated carbocycles. The Morgan fingerprint density at radius 3 is 2.32 bits per heavy atom. The number of amides is 1. The molecule has 224 valence electrons. The highest BCUT2D eigenvalue weighted by Crippen LogP contribution is 2.27. The van der Waals surface area contributed by atoms with E-state index in [9.17, 15) is 19.7 Å². The van der Waals surface area contributed by atoms with Gasteiger partial charge in [-0.15, -0.1) is 0 Å². The van der Waals surface area contributed by atoms with Gasteiger partial charge in [0.05, 0.1) is 34.3 Å². The number of nitrogens with one attached hydrogen (secondary N) is 1. The predicted octanol–water partition coefficient (Wildman–Crippen LogP) is 7.41. The van der Waals surface area contributed by atoms with Crippen molar-refractivity contribution in [3.63, 3.8) is 0 Å². The molecule has 0 aliphatic carbocycles. The van der Waals surface area contributed by atoms with Crippen LogP contribution in [0.2, 0.25) is 0 Å². The van der Waals surface area contributed by atoms with Crippen LogP contribution >= 0.6 is 0 Å². The number of nitro benzene ring substituents is 1. The smallest absolute Gasteiger partial charge is 0.339 e. The molecule has 9 heteroatoms. The Hall–Kier alpha value is -5.31. The Balaban J connectivity index is 1.31. The zero-order valence-corrected chi connectivity index (χ0v) is 25.3. The maximum absolute atomic E-state index is 13.1. The van der Waals surface area contributed by atoms with Gasteiger partial charge in [0, 0.05) is 23.1 Å². The molecule has 44 heavy (non-hydrogen) atoms. The molecular weight excluding hydrogens is 556 g/mol. The Bertz CT molecular complexity index is 1850. The number of nitrogens with zero attached hydrogens (tertiary/aromatic N) is 3. The zero-order valence-electron chi connectivity index (χ0n) is 25.3. The van der Waals surface area contributed by atoms with Gasteiger partial charge in [-0.2, -0.15) is 5.10 Å². The zero-order chi connectivity index (χ0) is 31.6. The second-order valence-corrected chi connectivity index (χ2v) is 11.8. The van der Waals surface area contributed by atoms with E-state index in [4.69, 9.17) is 9.84 Å². The molecule has 0 radical (unpaired) electrons. The lowest BCUT2D eigenvalue weighted by molar-refractivity contribution is -0.384. The van der Waals surface area contributed by atoms with Gasteiger partial charge in [0.15, 0.2) is 0 Å². The van der Waals surface area contributed by atoms with Crippen LogP contribution in [0.15, 0.2) is 91.0 Å². The molecule has 0 aliphatic heterocycles. The number of nitro groups is 1. The van der Waals surface area contributed by atoms with Gasteiger partial charge in [0.2, 0.25) is 0 Å². The van der Waals surface area contributed by atoms with E-state index in [0.717, 1.165) is 38.9 Å². The van der Waals surface area contributed by atoms with Crippen LogP contribution in [0.25, 0.3) is 22.0 Å². The molecule has 0 spiro atoms. The second kappa shape index (κ2) is 12.1. The first-order valence-corrected chi connectivity index (χ1v) is 14.3. The molecular formula is C35H34N4O5. The van der Waals surface area contributed by atoms with E-state index in [1.807, 2.05) is 93.9 Å². The average Bonchev–Trinajstić information content (AvgIpc) is 3.30. The molecule has 5 rings (SSSR count). The van der Waals surface area contributed by atoms with Crippen molar-refractivity contribution in [3.05, 3.63) is 129 Å². The van der Waals surface area contributed by atoms with Crippen LogP contribution in [0.5, 0.6) is 0 Å². The molecule has 5 aromatic rings. The monoisotopic (exact) mass is 590 g/mol. The van der Waals surface area contributed by atoms with Crippen molar-refractivity contribution in [3.8, 4) is 11.1 Å². The van der Waals surface area contributed by atoms with Crippen LogP contribution < -0.4 is 5.32 Å². The summed E-state index contributed by atoms with van der Waals surface area (Å²) in [4.78, 5) is 36.4. The molecule has 1 atom stereocenters. The minimum Gasteiger partial charge on any atom is -0.456 e. The summed E-state index contributed by atoms with van der Waals surface area (Å²) in [6.45, 7) is 9.83. The highest BCUT2D eigenvalue weighted by atomic mass is 16.6. The number of esters is 1. The number of aryl methyl sites for hydroxylation is 1. The lowest BCUT2D eigenvalue weighted by Gasteiger charge is -2.20. The Kier molecular flexibility index (Phi) is 8.31. The lowest BCUT2D eigenvalue weighted by Crippen LogP contribution is -2.26. The molecule has 1 N–H and O–H groups in total. The first-order chi connectivity index (χ1) is 20.9. The van der Waals surface area contributed by atoms with Crippen molar-refractivity contribution in [2.45, 2.75) is 52.8 Å². The molecule has 1 amide bonds. The first kappa shape index (κ1) is 30.2. The summed E-state index contributed by atoms with van der Waals surface area (Å²) in [5.41, 5.74) is 5.68. The van der Waals surface area contributed by atoms with E-state index in [0.29, 0.717) is 17.7 Å². The fourth-order valence-corrected chi connectivity index (χ4v) is 5.06. The van der Waals surface area contributed by atoms with E-state index in [1.165, 1.54) is 12.1 Å². The average molecular weight is 591 g/mol. The fourth-order valence-electron chi connectivity index (χ4n) is 5.06. The van der Waals surface area contributed by atoms with Gasteiger partial charge in [-0.3, -0.25) is 19.6 Å². The number of hydrogen-bond acceptors (Lipinski definition) is 6. The summed E-state index contributed by atoms with van der Waals surface area (Å²) in [6, 6.07) is 26.8. The number of ether oxygens (including phenoxy) is 1. The quantitative estimate of drug-likeness (QED) is 0.114. The van der Waals surface area contributed by atoms with Crippen LogP contribution in [0, 0.1) is 17.0 Å². The third-order valence-corrected chi connectivity index (χ3v) is 7.29. The number of carbonyl (C=O) groups is 2. The second-order valence-electron chi connectivity index (χ2n) is 11.8. The number of aromatic nitrogens is 2. The standard InChI is InChI=1S/C35H34N4O5/c1-22(25-14-17-28(18-15-25)39(42)43)36-33(40)27-16-19-32-31(20-27)23(2)37-38(32)21-24-10-12-26(13-11-24)29-8-6-7-9-30(29)34(41)44-35(3,4)5/h6-20,22H,21H2,1-5H3,(H,36,40)/t22-/m0/s1. The van der Waals surface area contributed by atoms with E-state index in [-0.39, 0.29) is 23.6 Å². The van der Waals surface area contributed by atoms with Gasteiger partial charge < -0.3 is 10.1 Å². The van der Waals surface area contributed by atoms with Gasteiger partial charge in [0.1, 0.15) is 5.60 Å². The van der Waals surface area contributed by atoms with Crippen LogP contribution in [-0.2, 0) is 11.3 Å². The van der Waals surface area contributed by atoms with Crippen molar-refractivity contribution in [1.82, 2.24) is 15.1 Å². The Morgan fingerprint density at radius 1 is 0.977 bits per heavy atom. The van der Waals surface area contributed by atoms with Crippen LogP contribution in [-0.4, -0.2) is 32.2 Å². The highest BCUT2D eigenvalue weighted by Gasteiger charge is 2.21. The van der Waals surface area contributed by atoms with Gasteiger partial charge in [-0.1, -0.05) is 54.6 Å². The summed E-state index contributed by atoms with van der Waals surface area (Å²) in [5.74, 6) is -0.600. The number of rotatable bonds is 8. The first-order valence-electron chi connectivity index (χ1n) is 14.3. The Labute approximate surface area is 255 Å². The summed E-state index contributed by atoms with van der Waals surface area (Å²) in [6.07, 6.45) is 0. The highest BCUT2D eigenvalue weighted by molar-refractivity contribution is 5.99. The van der Waals surface area contributed by atoms with Gasteiger partial charge in [-0.05, 0) is 81.1 Å².